The van der Waals surface area contributed by atoms with Gasteiger partial charge in [-0.15, -0.1) is 11.3 Å². The van der Waals surface area contributed by atoms with Crippen molar-refractivity contribution in [2.24, 2.45) is 10.7 Å². The molecule has 1 unspecified atom stereocenters. The fourth-order valence-corrected chi connectivity index (χ4v) is 3.98. The molecule has 6 nitrogen and oxygen atoms in total. The first-order valence-electron chi connectivity index (χ1n) is 7.50. The molecule has 124 valence electrons. The molecule has 0 amide bonds. The summed E-state index contributed by atoms with van der Waals surface area (Å²) >= 11 is 3.22. The van der Waals surface area contributed by atoms with Gasteiger partial charge >= 0.3 is 0 Å². The van der Waals surface area contributed by atoms with E-state index in [2.05, 4.69) is 19.8 Å². The van der Waals surface area contributed by atoms with Crippen molar-refractivity contribution in [3.63, 3.8) is 0 Å². The SMILES string of the molecule is CC(O)(CN=C(N)N1CCN(c2nccs2)CC1)c1ccsc1. The molecule has 3 heterocycles. The van der Waals surface area contributed by atoms with E-state index >= 15 is 0 Å². The molecule has 1 atom stereocenters. The average Bonchev–Trinajstić information content (AvgIpc) is 3.26. The van der Waals surface area contributed by atoms with Crippen molar-refractivity contribution in [2.45, 2.75) is 12.5 Å². The van der Waals surface area contributed by atoms with Crippen molar-refractivity contribution in [2.75, 3.05) is 37.6 Å². The third kappa shape index (κ3) is 3.82. The van der Waals surface area contributed by atoms with E-state index in [0.717, 1.165) is 36.9 Å². The van der Waals surface area contributed by atoms with Crippen LogP contribution in [0.1, 0.15) is 12.5 Å². The Kier molecular flexibility index (Phi) is 4.84. The predicted molar refractivity (Wildman–Crippen MR) is 96.3 cm³/mol. The van der Waals surface area contributed by atoms with Crippen molar-refractivity contribution in [3.05, 3.63) is 34.0 Å². The van der Waals surface area contributed by atoms with E-state index in [1.807, 2.05) is 28.4 Å². The van der Waals surface area contributed by atoms with Gasteiger partial charge in [0, 0.05) is 37.8 Å². The van der Waals surface area contributed by atoms with Crippen LogP contribution in [0.2, 0.25) is 0 Å². The van der Waals surface area contributed by atoms with Crippen LogP contribution in [0, 0.1) is 0 Å². The van der Waals surface area contributed by atoms with Gasteiger partial charge in [-0.05, 0) is 29.3 Å². The first kappa shape index (κ1) is 16.2. The van der Waals surface area contributed by atoms with Crippen molar-refractivity contribution in [1.29, 1.82) is 0 Å². The summed E-state index contributed by atoms with van der Waals surface area (Å²) in [5, 5.41) is 17.4. The molecule has 0 aromatic carbocycles. The lowest BCUT2D eigenvalue weighted by atomic mass is 10.00. The number of piperazine rings is 1. The molecule has 0 radical (unpaired) electrons. The van der Waals surface area contributed by atoms with Crippen LogP contribution in [0.5, 0.6) is 0 Å². The maximum Gasteiger partial charge on any atom is 0.191 e. The quantitative estimate of drug-likeness (QED) is 0.645. The van der Waals surface area contributed by atoms with Gasteiger partial charge in [0.15, 0.2) is 11.1 Å². The van der Waals surface area contributed by atoms with Crippen molar-refractivity contribution < 1.29 is 5.11 Å². The molecule has 2 aromatic heterocycles. The van der Waals surface area contributed by atoms with E-state index in [1.54, 1.807) is 29.6 Å². The summed E-state index contributed by atoms with van der Waals surface area (Å²) in [6.07, 6.45) is 1.83. The van der Waals surface area contributed by atoms with Gasteiger partial charge in [-0.25, -0.2) is 9.98 Å². The second-order valence-corrected chi connectivity index (χ2v) is 7.40. The number of nitrogens with zero attached hydrogens (tertiary/aromatic N) is 4. The first-order valence-corrected chi connectivity index (χ1v) is 9.33. The predicted octanol–water partition coefficient (Wildman–Crippen LogP) is 1.55. The van der Waals surface area contributed by atoms with Crippen molar-refractivity contribution in [1.82, 2.24) is 9.88 Å². The van der Waals surface area contributed by atoms with E-state index in [4.69, 9.17) is 5.73 Å². The summed E-state index contributed by atoms with van der Waals surface area (Å²) in [6.45, 7) is 5.43. The maximum absolute atomic E-state index is 10.5. The lowest BCUT2D eigenvalue weighted by Gasteiger charge is -2.35. The number of aliphatic hydroxyl groups is 1. The van der Waals surface area contributed by atoms with E-state index in [1.165, 1.54) is 0 Å². The largest absolute Gasteiger partial charge is 0.383 e. The number of nitrogens with two attached hydrogens (primary N) is 1. The molecule has 23 heavy (non-hydrogen) atoms. The van der Waals surface area contributed by atoms with E-state index in [-0.39, 0.29) is 6.54 Å². The number of rotatable bonds is 4. The maximum atomic E-state index is 10.5. The lowest BCUT2D eigenvalue weighted by molar-refractivity contribution is 0.0675. The molecule has 0 saturated carbocycles. The number of hydrogen-bond donors (Lipinski definition) is 2. The number of anilines is 1. The summed E-state index contributed by atoms with van der Waals surface area (Å²) in [7, 11) is 0. The highest BCUT2D eigenvalue weighted by Crippen LogP contribution is 2.23. The highest BCUT2D eigenvalue weighted by molar-refractivity contribution is 7.13. The molecule has 2 aromatic rings. The molecular formula is C15H21N5OS2. The van der Waals surface area contributed by atoms with Crippen LogP contribution in [-0.4, -0.2) is 53.7 Å². The monoisotopic (exact) mass is 351 g/mol. The van der Waals surface area contributed by atoms with Gasteiger partial charge in [0.05, 0.1) is 6.54 Å². The third-order valence-electron chi connectivity index (χ3n) is 3.99. The topological polar surface area (TPSA) is 78.0 Å². The molecule has 0 spiro atoms. The molecule has 0 bridgehead atoms. The van der Waals surface area contributed by atoms with Gasteiger partial charge in [-0.1, -0.05) is 0 Å². The summed E-state index contributed by atoms with van der Waals surface area (Å²) < 4.78 is 0. The highest BCUT2D eigenvalue weighted by atomic mass is 32.1. The fraction of sp³-hybridized carbons (Fsp3) is 0.467. The van der Waals surface area contributed by atoms with E-state index in [9.17, 15) is 5.11 Å². The minimum Gasteiger partial charge on any atom is -0.383 e. The van der Waals surface area contributed by atoms with Gasteiger partial charge in [0.2, 0.25) is 0 Å². The molecular weight excluding hydrogens is 330 g/mol. The Labute approximate surface area is 143 Å². The summed E-state index contributed by atoms with van der Waals surface area (Å²) in [5.41, 5.74) is 6.01. The third-order valence-corrected chi connectivity index (χ3v) is 5.50. The fourth-order valence-electron chi connectivity index (χ4n) is 2.50. The minimum atomic E-state index is -0.979. The van der Waals surface area contributed by atoms with E-state index < -0.39 is 5.60 Å². The molecule has 3 rings (SSSR count). The van der Waals surface area contributed by atoms with Crippen LogP contribution in [0.25, 0.3) is 0 Å². The zero-order chi connectivity index (χ0) is 16.3. The standard InChI is InChI=1S/C15H21N5OS2/c1-15(21,12-2-8-22-10-12)11-18-13(16)19-4-6-20(7-5-19)14-17-3-9-23-14/h2-3,8-10,21H,4-7,11H2,1H3,(H2,16,18). The zero-order valence-corrected chi connectivity index (χ0v) is 14.7. The Morgan fingerprint density at radius 1 is 1.39 bits per heavy atom. The first-order chi connectivity index (χ1) is 11.1. The van der Waals surface area contributed by atoms with Crippen LogP contribution in [0.4, 0.5) is 5.13 Å². The van der Waals surface area contributed by atoms with E-state index in [0.29, 0.717) is 5.96 Å². The minimum absolute atomic E-state index is 0.266. The summed E-state index contributed by atoms with van der Waals surface area (Å²) in [5.74, 6) is 0.499. The van der Waals surface area contributed by atoms with Crippen LogP contribution in [-0.2, 0) is 5.60 Å². The molecule has 1 aliphatic heterocycles. The lowest BCUT2D eigenvalue weighted by Crippen LogP contribution is -2.51. The number of guanidine groups is 1. The number of aromatic nitrogens is 1. The zero-order valence-electron chi connectivity index (χ0n) is 13.1. The van der Waals surface area contributed by atoms with Crippen molar-refractivity contribution in [3.8, 4) is 0 Å². The highest BCUT2D eigenvalue weighted by Gasteiger charge is 2.24. The Hall–Kier alpha value is -1.64. The second-order valence-electron chi connectivity index (χ2n) is 5.75. The summed E-state index contributed by atoms with van der Waals surface area (Å²) in [6, 6.07) is 1.92. The van der Waals surface area contributed by atoms with Crippen LogP contribution in [0.3, 0.4) is 0 Å². The van der Waals surface area contributed by atoms with Gasteiger partial charge in [0.25, 0.3) is 0 Å². The molecule has 3 N–H and O–H groups in total. The molecule has 1 fully saturated rings. The smallest absolute Gasteiger partial charge is 0.191 e. The summed E-state index contributed by atoms with van der Waals surface area (Å²) in [4.78, 5) is 13.1. The van der Waals surface area contributed by atoms with Crippen LogP contribution in [0.15, 0.2) is 33.4 Å². The Morgan fingerprint density at radius 2 is 2.17 bits per heavy atom. The van der Waals surface area contributed by atoms with Gasteiger partial charge in [-0.3, -0.25) is 0 Å². The second kappa shape index (κ2) is 6.86. The van der Waals surface area contributed by atoms with Crippen LogP contribution < -0.4 is 10.6 Å². The average molecular weight is 352 g/mol. The number of thiophene rings is 1. The molecule has 1 aliphatic rings. The number of aliphatic imine (C=N–C) groups is 1. The van der Waals surface area contributed by atoms with Gasteiger partial charge < -0.3 is 20.6 Å². The molecule has 1 saturated heterocycles. The Bertz CT molecular complexity index is 631. The van der Waals surface area contributed by atoms with Gasteiger partial charge in [0.1, 0.15) is 5.60 Å². The molecule has 0 aliphatic carbocycles. The number of thiazole rings is 1. The number of hydrogen-bond acceptors (Lipinski definition) is 6. The van der Waals surface area contributed by atoms with Gasteiger partial charge in [-0.2, -0.15) is 11.3 Å². The molecule has 8 heteroatoms. The Morgan fingerprint density at radius 3 is 2.78 bits per heavy atom. The van der Waals surface area contributed by atoms with Crippen molar-refractivity contribution >= 4 is 33.8 Å². The van der Waals surface area contributed by atoms with Crippen LogP contribution >= 0.6 is 22.7 Å². The Balaban J connectivity index is 1.55. The normalized spacial score (nSPS) is 19.0.